The van der Waals surface area contributed by atoms with E-state index in [1.165, 1.54) is 0 Å². The van der Waals surface area contributed by atoms with Crippen molar-refractivity contribution in [3.05, 3.63) is 78.6 Å². The average molecular weight is 295 g/mol. The fraction of sp³-hybridized carbons (Fsp3) is 0.222. The highest BCUT2D eigenvalue weighted by Crippen LogP contribution is 2.20. The molecule has 1 heterocycles. The molecule has 1 aromatic carbocycles. The smallest absolute Gasteiger partial charge is 0.318 e. The topological polar surface area (TPSA) is 45.2 Å². The summed E-state index contributed by atoms with van der Waals surface area (Å²) in [5.74, 6) is 0. The van der Waals surface area contributed by atoms with E-state index in [1.54, 1.807) is 17.2 Å². The van der Waals surface area contributed by atoms with Crippen LogP contribution in [0.3, 0.4) is 0 Å². The molecule has 4 heteroatoms. The lowest BCUT2D eigenvalue weighted by Gasteiger charge is -2.29. The van der Waals surface area contributed by atoms with Gasteiger partial charge in [0.2, 0.25) is 0 Å². The lowest BCUT2D eigenvalue weighted by atomic mass is 10.1. The van der Waals surface area contributed by atoms with Crippen LogP contribution in [0.2, 0.25) is 0 Å². The van der Waals surface area contributed by atoms with Gasteiger partial charge >= 0.3 is 6.03 Å². The number of aromatic nitrogens is 1. The maximum absolute atomic E-state index is 12.5. The van der Waals surface area contributed by atoms with E-state index in [9.17, 15) is 4.79 Å². The zero-order chi connectivity index (χ0) is 15.8. The van der Waals surface area contributed by atoms with Crippen LogP contribution in [-0.4, -0.2) is 22.5 Å². The van der Waals surface area contributed by atoms with Gasteiger partial charge in [-0.1, -0.05) is 42.5 Å². The molecule has 0 unspecified atom stereocenters. The van der Waals surface area contributed by atoms with Crippen LogP contribution >= 0.6 is 0 Å². The Bertz CT molecular complexity index is 598. The SMILES string of the molecule is C=CCNC(=O)N(Cc1ccccc1)[C@H](C)c1ccccn1. The van der Waals surface area contributed by atoms with Crippen molar-refractivity contribution in [3.63, 3.8) is 0 Å². The summed E-state index contributed by atoms with van der Waals surface area (Å²) in [6.45, 7) is 6.59. The molecular formula is C18H21N3O. The molecule has 0 spiro atoms. The zero-order valence-electron chi connectivity index (χ0n) is 12.8. The number of rotatable bonds is 6. The molecule has 4 nitrogen and oxygen atoms in total. The van der Waals surface area contributed by atoms with Gasteiger partial charge in [0, 0.05) is 19.3 Å². The number of urea groups is 1. The summed E-state index contributed by atoms with van der Waals surface area (Å²) in [4.78, 5) is 18.6. The number of hydrogen-bond donors (Lipinski definition) is 1. The summed E-state index contributed by atoms with van der Waals surface area (Å²) in [5, 5.41) is 2.84. The third kappa shape index (κ3) is 4.19. The monoisotopic (exact) mass is 295 g/mol. The fourth-order valence-corrected chi connectivity index (χ4v) is 2.21. The number of carbonyl (C=O) groups is 1. The van der Waals surface area contributed by atoms with Gasteiger partial charge in [-0.3, -0.25) is 4.98 Å². The van der Waals surface area contributed by atoms with Gasteiger partial charge in [0.15, 0.2) is 0 Å². The van der Waals surface area contributed by atoms with Gasteiger partial charge in [0.1, 0.15) is 0 Å². The molecule has 1 N–H and O–H groups in total. The summed E-state index contributed by atoms with van der Waals surface area (Å²) in [5.41, 5.74) is 1.95. The molecule has 2 rings (SSSR count). The predicted molar refractivity (Wildman–Crippen MR) is 88.2 cm³/mol. The Morgan fingerprint density at radius 2 is 2.00 bits per heavy atom. The van der Waals surface area contributed by atoms with Gasteiger partial charge in [-0.15, -0.1) is 6.58 Å². The first-order valence-electron chi connectivity index (χ1n) is 7.32. The summed E-state index contributed by atoms with van der Waals surface area (Å²) in [6, 6.07) is 15.4. The number of pyridine rings is 1. The molecule has 0 radical (unpaired) electrons. The van der Waals surface area contributed by atoms with Crippen molar-refractivity contribution < 1.29 is 4.79 Å². The van der Waals surface area contributed by atoms with E-state index in [1.807, 2.05) is 55.5 Å². The van der Waals surface area contributed by atoms with Crippen LogP contribution in [0.5, 0.6) is 0 Å². The molecule has 0 aliphatic carbocycles. The molecule has 0 aliphatic rings. The minimum atomic E-state index is -0.123. The maximum Gasteiger partial charge on any atom is 0.318 e. The van der Waals surface area contributed by atoms with E-state index >= 15 is 0 Å². The lowest BCUT2D eigenvalue weighted by molar-refractivity contribution is 0.175. The number of nitrogens with zero attached hydrogens (tertiary/aromatic N) is 2. The van der Waals surface area contributed by atoms with Crippen LogP contribution in [-0.2, 0) is 6.54 Å². The van der Waals surface area contributed by atoms with Crippen molar-refractivity contribution in [2.75, 3.05) is 6.54 Å². The van der Waals surface area contributed by atoms with Crippen LogP contribution in [0.1, 0.15) is 24.2 Å². The van der Waals surface area contributed by atoms with Crippen LogP contribution in [0, 0.1) is 0 Å². The first kappa shape index (κ1) is 15.8. The molecule has 114 valence electrons. The van der Waals surface area contributed by atoms with E-state index in [4.69, 9.17) is 0 Å². The second-order valence-electron chi connectivity index (χ2n) is 5.02. The molecule has 1 atom stereocenters. The Kier molecular flexibility index (Phi) is 5.72. The van der Waals surface area contributed by atoms with Crippen molar-refractivity contribution in [2.45, 2.75) is 19.5 Å². The van der Waals surface area contributed by atoms with Crippen LogP contribution in [0.15, 0.2) is 67.4 Å². The van der Waals surface area contributed by atoms with Crippen molar-refractivity contribution >= 4 is 6.03 Å². The first-order chi connectivity index (χ1) is 10.7. The Morgan fingerprint density at radius 3 is 2.64 bits per heavy atom. The van der Waals surface area contributed by atoms with E-state index in [0.717, 1.165) is 11.3 Å². The van der Waals surface area contributed by atoms with Crippen molar-refractivity contribution in [1.82, 2.24) is 15.2 Å². The average Bonchev–Trinajstić information content (AvgIpc) is 2.58. The fourth-order valence-electron chi connectivity index (χ4n) is 2.21. The second kappa shape index (κ2) is 7.98. The van der Waals surface area contributed by atoms with Crippen molar-refractivity contribution in [2.24, 2.45) is 0 Å². The molecule has 1 aromatic heterocycles. The summed E-state index contributed by atoms with van der Waals surface area (Å²) >= 11 is 0. The highest BCUT2D eigenvalue weighted by Gasteiger charge is 2.22. The first-order valence-corrected chi connectivity index (χ1v) is 7.32. The van der Waals surface area contributed by atoms with E-state index < -0.39 is 0 Å². The molecule has 0 saturated carbocycles. The van der Waals surface area contributed by atoms with Crippen molar-refractivity contribution in [3.8, 4) is 0 Å². The quantitative estimate of drug-likeness (QED) is 0.828. The zero-order valence-corrected chi connectivity index (χ0v) is 12.8. The Balaban J connectivity index is 2.20. The standard InChI is InChI=1S/C18H21N3O/c1-3-12-20-18(22)21(14-16-9-5-4-6-10-16)15(2)17-11-7-8-13-19-17/h3-11,13,15H,1,12,14H2,2H3,(H,20,22)/t15-/m1/s1. The number of amides is 2. The van der Waals surface area contributed by atoms with Gasteiger partial charge in [-0.05, 0) is 24.6 Å². The summed E-state index contributed by atoms with van der Waals surface area (Å²) in [7, 11) is 0. The summed E-state index contributed by atoms with van der Waals surface area (Å²) in [6.07, 6.45) is 3.41. The largest absolute Gasteiger partial charge is 0.335 e. The van der Waals surface area contributed by atoms with Gasteiger partial charge < -0.3 is 10.2 Å². The minimum absolute atomic E-state index is 0.119. The molecular weight excluding hydrogens is 274 g/mol. The van der Waals surface area contributed by atoms with E-state index in [0.29, 0.717) is 13.1 Å². The number of hydrogen-bond acceptors (Lipinski definition) is 2. The van der Waals surface area contributed by atoms with E-state index in [-0.39, 0.29) is 12.1 Å². The van der Waals surface area contributed by atoms with Gasteiger partial charge in [-0.25, -0.2) is 4.79 Å². The number of carbonyl (C=O) groups excluding carboxylic acids is 1. The lowest BCUT2D eigenvalue weighted by Crippen LogP contribution is -2.41. The molecule has 2 aromatic rings. The van der Waals surface area contributed by atoms with Crippen LogP contribution in [0.4, 0.5) is 4.79 Å². The van der Waals surface area contributed by atoms with Gasteiger partial charge in [0.25, 0.3) is 0 Å². The highest BCUT2D eigenvalue weighted by molar-refractivity contribution is 5.74. The highest BCUT2D eigenvalue weighted by atomic mass is 16.2. The molecule has 2 amide bonds. The third-order valence-corrected chi connectivity index (χ3v) is 3.44. The second-order valence-corrected chi connectivity index (χ2v) is 5.02. The number of nitrogens with one attached hydrogen (secondary N) is 1. The molecule has 0 bridgehead atoms. The predicted octanol–water partition coefficient (Wildman–Crippen LogP) is 3.54. The molecule has 0 aliphatic heterocycles. The normalized spacial score (nSPS) is 11.5. The van der Waals surface area contributed by atoms with Crippen LogP contribution < -0.4 is 5.32 Å². The van der Waals surface area contributed by atoms with E-state index in [2.05, 4.69) is 16.9 Å². The Morgan fingerprint density at radius 1 is 1.27 bits per heavy atom. The van der Waals surface area contributed by atoms with Crippen LogP contribution in [0.25, 0.3) is 0 Å². The molecule has 0 fully saturated rings. The third-order valence-electron chi connectivity index (χ3n) is 3.44. The molecule has 0 saturated heterocycles. The number of benzene rings is 1. The van der Waals surface area contributed by atoms with Gasteiger partial charge in [0.05, 0.1) is 11.7 Å². The minimum Gasteiger partial charge on any atom is -0.335 e. The summed E-state index contributed by atoms with van der Waals surface area (Å²) < 4.78 is 0. The maximum atomic E-state index is 12.5. The Labute approximate surface area is 131 Å². The Hall–Kier alpha value is -2.62. The van der Waals surface area contributed by atoms with Gasteiger partial charge in [-0.2, -0.15) is 0 Å². The molecule has 22 heavy (non-hydrogen) atoms. The van der Waals surface area contributed by atoms with Crippen molar-refractivity contribution in [1.29, 1.82) is 0 Å².